The molecule has 1 atom stereocenters. The van der Waals surface area contributed by atoms with Gasteiger partial charge in [-0.3, -0.25) is 14.2 Å². The SMILES string of the molecule is COc1cc(-c2cccc3c(Cl)c([C@H](C)Nc4ncnc5[nH]ccc(=O)c45)n(-c4ccccc4)c(=O)c23)cc(OC)c1F. The van der Waals surface area contributed by atoms with Gasteiger partial charge in [-0.05, 0) is 42.3 Å². The summed E-state index contributed by atoms with van der Waals surface area (Å²) in [7, 11) is 2.72. The Morgan fingerprint density at radius 3 is 2.37 bits per heavy atom. The lowest BCUT2D eigenvalue weighted by molar-refractivity contribution is 0.351. The minimum absolute atomic E-state index is 0.0256. The quantitative estimate of drug-likeness (QED) is 0.223. The molecule has 6 aromatic rings. The van der Waals surface area contributed by atoms with Crippen LogP contribution in [0.4, 0.5) is 10.2 Å². The maximum atomic E-state index is 14.8. The fourth-order valence-electron chi connectivity index (χ4n) is 5.30. The zero-order valence-electron chi connectivity index (χ0n) is 23.3. The topological polar surface area (TPSA) is 111 Å². The summed E-state index contributed by atoms with van der Waals surface area (Å²) < 4.78 is 26.8. The van der Waals surface area contributed by atoms with Crippen molar-refractivity contribution in [1.29, 1.82) is 0 Å². The van der Waals surface area contributed by atoms with E-state index in [1.165, 1.54) is 49.5 Å². The molecule has 3 aromatic heterocycles. The summed E-state index contributed by atoms with van der Waals surface area (Å²) in [5.74, 6) is -0.404. The Morgan fingerprint density at radius 2 is 1.67 bits per heavy atom. The van der Waals surface area contributed by atoms with Crippen LogP contribution < -0.4 is 25.8 Å². The Balaban J connectivity index is 1.63. The zero-order chi connectivity index (χ0) is 30.2. The molecule has 2 N–H and O–H groups in total. The monoisotopic (exact) mass is 597 g/mol. The first-order valence-corrected chi connectivity index (χ1v) is 13.6. The van der Waals surface area contributed by atoms with Crippen molar-refractivity contribution in [1.82, 2.24) is 19.5 Å². The van der Waals surface area contributed by atoms with Crippen LogP contribution in [0.2, 0.25) is 5.02 Å². The summed E-state index contributed by atoms with van der Waals surface area (Å²) >= 11 is 7.17. The number of hydrogen-bond donors (Lipinski definition) is 2. The molecule has 43 heavy (non-hydrogen) atoms. The van der Waals surface area contributed by atoms with E-state index >= 15 is 0 Å². The average Bonchev–Trinajstić information content (AvgIpc) is 3.03. The van der Waals surface area contributed by atoms with Gasteiger partial charge in [-0.2, -0.15) is 4.39 Å². The molecule has 0 aliphatic rings. The number of halogens is 2. The largest absolute Gasteiger partial charge is 0.494 e. The molecule has 3 aromatic carbocycles. The van der Waals surface area contributed by atoms with E-state index < -0.39 is 11.9 Å². The smallest absolute Gasteiger partial charge is 0.263 e. The molecule has 3 heterocycles. The van der Waals surface area contributed by atoms with Crippen molar-refractivity contribution >= 4 is 39.2 Å². The van der Waals surface area contributed by atoms with Gasteiger partial charge in [-0.1, -0.05) is 48.0 Å². The Morgan fingerprint density at radius 1 is 0.953 bits per heavy atom. The first kappa shape index (κ1) is 27.9. The lowest BCUT2D eigenvalue weighted by atomic mass is 9.97. The third-order valence-corrected chi connectivity index (χ3v) is 7.66. The van der Waals surface area contributed by atoms with Crippen molar-refractivity contribution in [2.45, 2.75) is 13.0 Å². The van der Waals surface area contributed by atoms with Crippen LogP contribution in [0.1, 0.15) is 18.7 Å². The molecule has 0 aliphatic heterocycles. The molecule has 0 bridgehead atoms. The number of nitrogens with one attached hydrogen (secondary N) is 2. The number of hydrogen-bond acceptors (Lipinski definition) is 7. The summed E-state index contributed by atoms with van der Waals surface area (Å²) in [6.07, 6.45) is 2.86. The second kappa shape index (κ2) is 11.2. The number of H-pyrrole nitrogens is 1. The average molecular weight is 598 g/mol. The molecule has 0 saturated carbocycles. The number of aromatic amines is 1. The third kappa shape index (κ3) is 4.75. The standard InChI is InChI=1S/C32H25ClFN5O4/c1-17(38-31-26-22(40)12-13-35-30(26)36-16-37-31)29-27(33)21-11-7-10-20(18-14-23(42-2)28(34)24(15-18)43-3)25(21)32(41)39(29)19-8-5-4-6-9-19/h4-17H,1-3H3,(H2,35,36,37,38,40)/t17-/m0/s1. The summed E-state index contributed by atoms with van der Waals surface area (Å²) in [4.78, 5) is 38.7. The van der Waals surface area contributed by atoms with Gasteiger partial charge in [0.1, 0.15) is 23.2 Å². The number of benzene rings is 3. The van der Waals surface area contributed by atoms with E-state index in [-0.39, 0.29) is 27.9 Å². The van der Waals surface area contributed by atoms with Crippen molar-refractivity contribution in [3.05, 3.63) is 116 Å². The van der Waals surface area contributed by atoms with Gasteiger partial charge in [-0.25, -0.2) is 9.97 Å². The normalized spacial score (nSPS) is 11.9. The number of para-hydroxylation sites is 1. The van der Waals surface area contributed by atoms with Crippen LogP contribution in [0.25, 0.3) is 38.6 Å². The van der Waals surface area contributed by atoms with E-state index in [0.717, 1.165) is 0 Å². The van der Waals surface area contributed by atoms with Crippen LogP contribution in [0.5, 0.6) is 11.5 Å². The Labute approximate surface area is 249 Å². The van der Waals surface area contributed by atoms with Crippen LogP contribution in [0.15, 0.2) is 88.8 Å². The van der Waals surface area contributed by atoms with Crippen molar-refractivity contribution in [3.8, 4) is 28.3 Å². The van der Waals surface area contributed by atoms with Crippen molar-refractivity contribution in [3.63, 3.8) is 0 Å². The van der Waals surface area contributed by atoms with Crippen molar-refractivity contribution in [2.75, 3.05) is 19.5 Å². The Kier molecular flexibility index (Phi) is 7.29. The predicted molar refractivity (Wildman–Crippen MR) is 165 cm³/mol. The molecule has 0 saturated heterocycles. The van der Waals surface area contributed by atoms with Gasteiger partial charge in [0.25, 0.3) is 5.56 Å². The molecule has 0 aliphatic carbocycles. The third-order valence-electron chi connectivity index (χ3n) is 7.27. The number of fused-ring (bicyclic) bond motifs is 2. The van der Waals surface area contributed by atoms with Gasteiger partial charge in [-0.15, -0.1) is 0 Å². The zero-order valence-corrected chi connectivity index (χ0v) is 24.1. The van der Waals surface area contributed by atoms with Crippen LogP contribution in [0.3, 0.4) is 0 Å². The molecule has 0 fully saturated rings. The van der Waals surface area contributed by atoms with Gasteiger partial charge in [0, 0.05) is 23.3 Å². The summed E-state index contributed by atoms with van der Waals surface area (Å²) in [6, 6.07) is 18.2. The molecule has 0 unspecified atom stereocenters. The molecule has 0 radical (unpaired) electrons. The van der Waals surface area contributed by atoms with Crippen LogP contribution in [0, 0.1) is 5.82 Å². The van der Waals surface area contributed by atoms with E-state index in [0.29, 0.717) is 49.8 Å². The number of ether oxygens (including phenoxy) is 2. The number of rotatable bonds is 7. The molecular weight excluding hydrogens is 573 g/mol. The Hall–Kier alpha value is -5.22. The minimum atomic E-state index is -0.646. The van der Waals surface area contributed by atoms with E-state index in [9.17, 15) is 14.0 Å². The highest BCUT2D eigenvalue weighted by molar-refractivity contribution is 6.36. The maximum absolute atomic E-state index is 14.8. The fourth-order valence-corrected chi connectivity index (χ4v) is 5.70. The van der Waals surface area contributed by atoms with Crippen LogP contribution in [-0.2, 0) is 0 Å². The second-order valence-electron chi connectivity index (χ2n) is 9.75. The number of aromatic nitrogens is 4. The fraction of sp³-hybridized carbons (Fsp3) is 0.125. The van der Waals surface area contributed by atoms with Gasteiger partial charge in [0.05, 0.1) is 36.4 Å². The highest BCUT2D eigenvalue weighted by Gasteiger charge is 2.25. The van der Waals surface area contributed by atoms with Crippen LogP contribution >= 0.6 is 11.6 Å². The molecule has 6 rings (SSSR count). The highest BCUT2D eigenvalue weighted by Crippen LogP contribution is 2.39. The summed E-state index contributed by atoms with van der Waals surface area (Å²) in [5, 5.41) is 4.69. The molecule has 11 heteroatoms. The van der Waals surface area contributed by atoms with Gasteiger partial charge in [0.2, 0.25) is 5.82 Å². The second-order valence-corrected chi connectivity index (χ2v) is 10.1. The van der Waals surface area contributed by atoms with E-state index in [4.69, 9.17) is 21.1 Å². The molecule has 9 nitrogen and oxygen atoms in total. The molecule has 0 amide bonds. The lowest BCUT2D eigenvalue weighted by Gasteiger charge is -2.24. The predicted octanol–water partition coefficient (Wildman–Crippen LogP) is 6.27. The van der Waals surface area contributed by atoms with Gasteiger partial charge >= 0.3 is 0 Å². The molecule has 0 spiro atoms. The van der Waals surface area contributed by atoms with Crippen molar-refractivity contribution < 1.29 is 13.9 Å². The number of anilines is 1. The van der Waals surface area contributed by atoms with Gasteiger partial charge in [0.15, 0.2) is 16.9 Å². The van der Waals surface area contributed by atoms with Crippen molar-refractivity contribution in [2.24, 2.45) is 0 Å². The Bertz CT molecular complexity index is 2100. The van der Waals surface area contributed by atoms with E-state index in [1.807, 2.05) is 25.1 Å². The van der Waals surface area contributed by atoms with Gasteiger partial charge < -0.3 is 19.8 Å². The summed E-state index contributed by atoms with van der Waals surface area (Å²) in [5.41, 5.74) is 1.83. The minimum Gasteiger partial charge on any atom is -0.494 e. The first-order chi connectivity index (χ1) is 20.8. The van der Waals surface area contributed by atoms with E-state index in [2.05, 4.69) is 20.3 Å². The maximum Gasteiger partial charge on any atom is 0.263 e. The lowest BCUT2D eigenvalue weighted by Crippen LogP contribution is -2.27. The first-order valence-electron chi connectivity index (χ1n) is 13.3. The molecular formula is C32H25ClFN5O4. The number of nitrogens with zero attached hydrogens (tertiary/aromatic N) is 3. The molecule has 216 valence electrons. The number of pyridine rings is 2. The highest BCUT2D eigenvalue weighted by atomic mass is 35.5. The van der Waals surface area contributed by atoms with Crippen LogP contribution in [-0.4, -0.2) is 33.7 Å². The summed E-state index contributed by atoms with van der Waals surface area (Å²) in [6.45, 7) is 1.83. The van der Waals surface area contributed by atoms with E-state index in [1.54, 1.807) is 30.3 Å². The number of methoxy groups -OCH3 is 2.